The number of aryl methyl sites for hydroxylation is 1. The van der Waals surface area contributed by atoms with Gasteiger partial charge in [-0.25, -0.2) is 0 Å². The number of phenolic OH excluding ortho intramolecular Hbond substituents is 1. The summed E-state index contributed by atoms with van der Waals surface area (Å²) in [6, 6.07) is 4.19. The zero-order valence-corrected chi connectivity index (χ0v) is 8.28. The highest BCUT2D eigenvalue weighted by molar-refractivity contribution is 7.86. The minimum atomic E-state index is -4.31. The van der Waals surface area contributed by atoms with E-state index in [1.807, 2.05) is 6.79 Å². The quantitative estimate of drug-likeness (QED) is 0.679. The fourth-order valence-electron chi connectivity index (χ4n) is 0.973. The molecule has 0 radical (unpaired) electrons. The van der Waals surface area contributed by atoms with Gasteiger partial charge in [0, 0.05) is 0 Å². The maximum absolute atomic E-state index is 10.7. The van der Waals surface area contributed by atoms with Gasteiger partial charge < -0.3 is 9.90 Å². The van der Waals surface area contributed by atoms with Crippen molar-refractivity contribution in [3.05, 3.63) is 23.8 Å². The minimum absolute atomic E-state index is 0.317. The molecule has 1 aromatic carbocycles. The van der Waals surface area contributed by atoms with Crippen LogP contribution in [0.25, 0.3) is 0 Å². The number of aromatic hydroxyl groups is 1. The first kappa shape index (κ1) is 12.6. The van der Waals surface area contributed by atoms with Crippen LogP contribution in [0.5, 0.6) is 5.75 Å². The summed E-state index contributed by atoms with van der Waals surface area (Å²) in [6.45, 7) is 3.49. The summed E-state index contributed by atoms with van der Waals surface area (Å²) in [4.78, 5) is 7.57. The van der Waals surface area contributed by atoms with Crippen LogP contribution in [0.1, 0.15) is 5.56 Å². The van der Waals surface area contributed by atoms with Crippen molar-refractivity contribution in [3.8, 4) is 5.75 Å². The molecule has 5 nitrogen and oxygen atoms in total. The zero-order chi connectivity index (χ0) is 11.4. The van der Waals surface area contributed by atoms with Gasteiger partial charge in [-0.3, -0.25) is 4.55 Å². The van der Waals surface area contributed by atoms with Gasteiger partial charge in [0.2, 0.25) is 0 Å². The van der Waals surface area contributed by atoms with E-state index in [1.54, 1.807) is 0 Å². The van der Waals surface area contributed by atoms with Crippen molar-refractivity contribution in [3.63, 3.8) is 0 Å². The third-order valence-corrected chi connectivity index (χ3v) is 2.50. The topological polar surface area (TPSA) is 91.7 Å². The molecular weight excluding hydrogens is 208 g/mol. The number of rotatable bonds is 1. The van der Waals surface area contributed by atoms with Crippen molar-refractivity contribution in [2.45, 2.75) is 11.8 Å². The van der Waals surface area contributed by atoms with Crippen molar-refractivity contribution in [2.24, 2.45) is 0 Å². The fraction of sp³-hybridized carbons (Fsp3) is 0.125. The normalized spacial score (nSPS) is 10.1. The molecule has 78 valence electrons. The molecule has 0 aliphatic heterocycles. The number of carbonyl (C=O) groups excluding carboxylic acids is 1. The Hall–Kier alpha value is -1.40. The lowest BCUT2D eigenvalue weighted by Gasteiger charge is -2.03. The molecule has 0 fully saturated rings. The van der Waals surface area contributed by atoms with E-state index in [0.717, 1.165) is 0 Å². The highest BCUT2D eigenvalue weighted by atomic mass is 32.2. The smallest absolute Gasteiger partial charge is 0.298 e. The summed E-state index contributed by atoms with van der Waals surface area (Å²) in [5, 5.41) is 9.09. The second-order valence-corrected chi connectivity index (χ2v) is 3.76. The summed E-state index contributed by atoms with van der Waals surface area (Å²) < 4.78 is 30.0. The monoisotopic (exact) mass is 218 g/mol. The predicted molar refractivity (Wildman–Crippen MR) is 49.8 cm³/mol. The molecule has 14 heavy (non-hydrogen) atoms. The molecule has 1 aromatic rings. The third kappa shape index (κ3) is 2.82. The van der Waals surface area contributed by atoms with Crippen LogP contribution in [-0.2, 0) is 14.9 Å². The summed E-state index contributed by atoms with van der Waals surface area (Å²) in [5.74, 6) is -0.433. The summed E-state index contributed by atoms with van der Waals surface area (Å²) in [6.07, 6.45) is 0. The average Bonchev–Trinajstić information content (AvgIpc) is 2.05. The number of benzene rings is 1. The molecular formula is C8H10O5S. The Morgan fingerprint density at radius 1 is 1.29 bits per heavy atom. The first-order chi connectivity index (χ1) is 6.43. The molecule has 0 amide bonds. The van der Waals surface area contributed by atoms with Crippen LogP contribution < -0.4 is 0 Å². The predicted octanol–water partition coefficient (Wildman–Crippen LogP) is 0.762. The molecule has 0 unspecified atom stereocenters. The fourth-order valence-corrected chi connectivity index (χ4v) is 1.78. The minimum Gasteiger partial charge on any atom is -0.506 e. The van der Waals surface area contributed by atoms with Crippen LogP contribution in [0, 0.1) is 6.92 Å². The van der Waals surface area contributed by atoms with Crippen LogP contribution in [0.3, 0.4) is 0 Å². The average molecular weight is 218 g/mol. The summed E-state index contributed by atoms with van der Waals surface area (Å²) in [7, 11) is -4.31. The van der Waals surface area contributed by atoms with Gasteiger partial charge in [-0.15, -0.1) is 0 Å². The largest absolute Gasteiger partial charge is 0.506 e. The Bertz CT molecular complexity index is 389. The van der Waals surface area contributed by atoms with Crippen molar-refractivity contribution in [1.29, 1.82) is 0 Å². The van der Waals surface area contributed by atoms with Gasteiger partial charge in [-0.1, -0.05) is 12.1 Å². The highest BCUT2D eigenvalue weighted by Gasteiger charge is 2.17. The molecule has 0 saturated heterocycles. The highest BCUT2D eigenvalue weighted by Crippen LogP contribution is 2.24. The van der Waals surface area contributed by atoms with Crippen LogP contribution in [-0.4, -0.2) is 24.9 Å². The molecule has 0 spiro atoms. The van der Waals surface area contributed by atoms with E-state index in [9.17, 15) is 8.42 Å². The van der Waals surface area contributed by atoms with Crippen molar-refractivity contribution in [2.75, 3.05) is 0 Å². The number of hydrogen-bond acceptors (Lipinski definition) is 4. The van der Waals surface area contributed by atoms with Crippen molar-refractivity contribution >= 4 is 16.9 Å². The molecule has 0 saturated carbocycles. The van der Waals surface area contributed by atoms with E-state index >= 15 is 0 Å². The number of hydrogen-bond donors (Lipinski definition) is 2. The van der Waals surface area contributed by atoms with Gasteiger partial charge >= 0.3 is 0 Å². The van der Waals surface area contributed by atoms with E-state index in [2.05, 4.69) is 0 Å². The Balaban J connectivity index is 0.000000791. The summed E-state index contributed by atoms with van der Waals surface area (Å²) in [5.41, 5.74) is 0.317. The maximum Gasteiger partial charge on any atom is 0.298 e. The Morgan fingerprint density at radius 3 is 2.07 bits per heavy atom. The molecule has 0 heterocycles. The molecule has 1 rings (SSSR count). The SMILES string of the molecule is C=O.Cc1cccc(O)c1S(=O)(=O)O. The number of carbonyl (C=O) groups is 1. The second-order valence-electron chi connectivity index (χ2n) is 2.40. The first-order valence-corrected chi connectivity index (χ1v) is 4.92. The molecule has 0 atom stereocenters. The number of phenols is 1. The molecule has 2 N–H and O–H groups in total. The van der Waals surface area contributed by atoms with E-state index < -0.39 is 20.8 Å². The van der Waals surface area contributed by atoms with Gasteiger partial charge in [0.15, 0.2) is 0 Å². The first-order valence-electron chi connectivity index (χ1n) is 3.48. The van der Waals surface area contributed by atoms with Gasteiger partial charge in [-0.2, -0.15) is 8.42 Å². The summed E-state index contributed by atoms with van der Waals surface area (Å²) >= 11 is 0. The van der Waals surface area contributed by atoms with Gasteiger partial charge in [0.05, 0.1) is 0 Å². The molecule has 0 aromatic heterocycles. The lowest BCUT2D eigenvalue weighted by molar-refractivity contribution is -0.0979. The van der Waals surface area contributed by atoms with E-state index in [0.29, 0.717) is 5.56 Å². The van der Waals surface area contributed by atoms with Gasteiger partial charge in [0.25, 0.3) is 10.1 Å². The van der Waals surface area contributed by atoms with E-state index in [4.69, 9.17) is 14.5 Å². The molecule has 0 bridgehead atoms. The zero-order valence-electron chi connectivity index (χ0n) is 7.47. The van der Waals surface area contributed by atoms with Crippen LogP contribution in [0.4, 0.5) is 0 Å². The van der Waals surface area contributed by atoms with Crippen molar-refractivity contribution in [1.82, 2.24) is 0 Å². The molecule has 0 aliphatic carbocycles. The molecule has 6 heteroatoms. The van der Waals surface area contributed by atoms with Gasteiger partial charge in [-0.05, 0) is 18.6 Å². The van der Waals surface area contributed by atoms with E-state index in [1.165, 1.54) is 25.1 Å². The van der Waals surface area contributed by atoms with Gasteiger partial charge in [0.1, 0.15) is 17.4 Å². The maximum atomic E-state index is 10.7. The Morgan fingerprint density at radius 2 is 1.79 bits per heavy atom. The van der Waals surface area contributed by atoms with Crippen LogP contribution >= 0.6 is 0 Å². The standard InChI is InChI=1S/C7H8O4S.CH2O/c1-5-3-2-4-6(8)7(5)12(9,10)11;1-2/h2-4,8H,1H3,(H,9,10,11);1H2. The second kappa shape index (κ2) is 4.73. The lowest BCUT2D eigenvalue weighted by Crippen LogP contribution is -2.00. The lowest BCUT2D eigenvalue weighted by atomic mass is 10.2. The van der Waals surface area contributed by atoms with Crippen molar-refractivity contribution < 1.29 is 22.9 Å². The van der Waals surface area contributed by atoms with Crippen LogP contribution in [0.2, 0.25) is 0 Å². The Kier molecular flexibility index (Phi) is 4.26. The van der Waals surface area contributed by atoms with E-state index in [-0.39, 0.29) is 0 Å². The third-order valence-electron chi connectivity index (χ3n) is 1.45. The van der Waals surface area contributed by atoms with Crippen LogP contribution in [0.15, 0.2) is 23.1 Å². The Labute approximate surface area is 81.8 Å². The molecule has 0 aliphatic rings.